The van der Waals surface area contributed by atoms with Crippen molar-refractivity contribution in [2.75, 3.05) is 13.1 Å². The van der Waals surface area contributed by atoms with Crippen LogP contribution in [0.3, 0.4) is 0 Å². The van der Waals surface area contributed by atoms with Gasteiger partial charge in [0.2, 0.25) is 0 Å². The fraction of sp³-hybridized carbons (Fsp3) is 0.524. The first kappa shape index (κ1) is 23.2. The normalized spacial score (nSPS) is 26.7. The molecule has 0 saturated carbocycles. The Balaban J connectivity index is 1.45. The molecule has 0 spiro atoms. The highest BCUT2D eigenvalue weighted by atomic mass is 16.7. The summed E-state index contributed by atoms with van der Waals surface area (Å²) in [5.41, 5.74) is -0.921. The quantitative estimate of drug-likeness (QED) is 0.465. The maximum Gasteiger partial charge on any atom is 0.407 e. The number of allylic oxidation sites excluding steroid dienone is 1. The van der Waals surface area contributed by atoms with Crippen LogP contribution < -0.4 is 5.32 Å². The Bertz CT molecular complexity index is 861. The molecule has 32 heavy (non-hydrogen) atoms. The van der Waals surface area contributed by atoms with E-state index in [0.717, 1.165) is 4.90 Å². The van der Waals surface area contributed by atoms with Crippen molar-refractivity contribution in [2.45, 2.75) is 51.6 Å². The average Bonchev–Trinajstić information content (AvgIpc) is 3.22. The number of hydrogen-bond donors (Lipinski definition) is 1. The predicted molar refractivity (Wildman–Crippen MR) is 107 cm³/mol. The molecule has 2 unspecified atom stereocenters. The second-order valence-electron chi connectivity index (χ2n) is 8.08. The minimum atomic E-state index is -0.921. The number of imide groups is 2. The van der Waals surface area contributed by atoms with Gasteiger partial charge in [-0.3, -0.25) is 24.1 Å². The molecule has 3 rings (SSSR count). The van der Waals surface area contributed by atoms with E-state index < -0.39 is 47.2 Å². The summed E-state index contributed by atoms with van der Waals surface area (Å²) in [5.74, 6) is -2.55. The van der Waals surface area contributed by atoms with Crippen LogP contribution in [0, 0.1) is 5.41 Å². The van der Waals surface area contributed by atoms with Gasteiger partial charge < -0.3 is 14.9 Å². The number of nitrogens with zero attached hydrogens (tertiary/aromatic N) is 2. The standard InChI is InChI=1S/C21H25N3O8/c1-21(19(29)32-24-17(27)8-9-18(24)28)10-2-4-14(5-3-11-21)31-20(30)22-12-13-23-15(25)6-7-16(23)26/h2,4,6-7,14H,3,5,8-13H2,1H3,(H,22,30)/b4-2+. The van der Waals surface area contributed by atoms with E-state index in [1.807, 2.05) is 0 Å². The second kappa shape index (κ2) is 9.75. The maximum absolute atomic E-state index is 12.6. The summed E-state index contributed by atoms with van der Waals surface area (Å²) < 4.78 is 5.36. The van der Waals surface area contributed by atoms with Crippen LogP contribution in [0.25, 0.3) is 0 Å². The van der Waals surface area contributed by atoms with Gasteiger partial charge in [-0.05, 0) is 38.7 Å². The molecule has 11 nitrogen and oxygen atoms in total. The number of hydrogen-bond acceptors (Lipinski definition) is 8. The number of ether oxygens (including phenoxy) is 1. The summed E-state index contributed by atoms with van der Waals surface area (Å²) >= 11 is 0. The minimum Gasteiger partial charge on any atom is -0.442 e. The van der Waals surface area contributed by atoms with Crippen LogP contribution >= 0.6 is 0 Å². The lowest BCUT2D eigenvalue weighted by Crippen LogP contribution is -2.40. The summed E-state index contributed by atoms with van der Waals surface area (Å²) in [6, 6.07) is 0. The molecule has 1 fully saturated rings. The van der Waals surface area contributed by atoms with E-state index in [1.165, 1.54) is 12.2 Å². The molecule has 0 bridgehead atoms. The van der Waals surface area contributed by atoms with Gasteiger partial charge in [0.15, 0.2) is 0 Å². The van der Waals surface area contributed by atoms with Gasteiger partial charge in [-0.1, -0.05) is 6.08 Å². The number of rotatable bonds is 6. The largest absolute Gasteiger partial charge is 0.442 e. The Kier molecular flexibility index (Phi) is 7.06. The van der Waals surface area contributed by atoms with Crippen molar-refractivity contribution in [3.8, 4) is 0 Å². The Hall–Kier alpha value is -3.50. The molecular weight excluding hydrogens is 422 g/mol. The van der Waals surface area contributed by atoms with Crippen molar-refractivity contribution in [2.24, 2.45) is 5.41 Å². The van der Waals surface area contributed by atoms with Gasteiger partial charge in [0.1, 0.15) is 6.10 Å². The number of amides is 5. The topological polar surface area (TPSA) is 139 Å². The first-order valence-corrected chi connectivity index (χ1v) is 10.4. The van der Waals surface area contributed by atoms with Crippen molar-refractivity contribution in [1.29, 1.82) is 0 Å². The number of nitrogens with one attached hydrogen (secondary N) is 1. The zero-order valence-corrected chi connectivity index (χ0v) is 17.7. The molecule has 0 aromatic heterocycles. The number of carbonyl (C=O) groups is 6. The highest BCUT2D eigenvalue weighted by Gasteiger charge is 2.40. The van der Waals surface area contributed by atoms with E-state index in [-0.39, 0.29) is 32.4 Å². The molecule has 3 aliphatic rings. The Morgan fingerprint density at radius 2 is 1.78 bits per heavy atom. The van der Waals surface area contributed by atoms with Crippen LogP contribution in [0.1, 0.15) is 45.4 Å². The van der Waals surface area contributed by atoms with Crippen LogP contribution in [0.4, 0.5) is 4.79 Å². The molecule has 0 radical (unpaired) electrons. The highest BCUT2D eigenvalue weighted by molar-refractivity contribution is 6.12. The molecule has 11 heteroatoms. The summed E-state index contributed by atoms with van der Waals surface area (Å²) in [6.45, 7) is 1.81. The van der Waals surface area contributed by atoms with Crippen LogP contribution in [-0.2, 0) is 33.5 Å². The predicted octanol–water partition coefficient (Wildman–Crippen LogP) is 0.750. The van der Waals surface area contributed by atoms with Crippen LogP contribution in [-0.4, -0.2) is 64.8 Å². The third-order valence-electron chi connectivity index (χ3n) is 5.57. The molecule has 2 aliphatic heterocycles. The molecule has 172 valence electrons. The molecule has 2 heterocycles. The lowest BCUT2D eigenvalue weighted by Gasteiger charge is -2.29. The van der Waals surface area contributed by atoms with Crippen molar-refractivity contribution >= 4 is 35.7 Å². The van der Waals surface area contributed by atoms with Gasteiger partial charge in [0, 0.05) is 38.1 Å². The number of alkyl carbamates (subject to hydrolysis) is 1. The van der Waals surface area contributed by atoms with Crippen molar-refractivity contribution < 1.29 is 38.3 Å². The first-order chi connectivity index (χ1) is 15.2. The molecule has 2 atom stereocenters. The maximum atomic E-state index is 12.6. The highest BCUT2D eigenvalue weighted by Crippen LogP contribution is 2.34. The van der Waals surface area contributed by atoms with E-state index in [1.54, 1.807) is 19.1 Å². The lowest BCUT2D eigenvalue weighted by atomic mass is 9.80. The van der Waals surface area contributed by atoms with E-state index in [2.05, 4.69) is 5.32 Å². The molecule has 1 saturated heterocycles. The first-order valence-electron chi connectivity index (χ1n) is 10.4. The summed E-state index contributed by atoms with van der Waals surface area (Å²) in [4.78, 5) is 77.0. The monoisotopic (exact) mass is 447 g/mol. The summed E-state index contributed by atoms with van der Waals surface area (Å²) in [5, 5.41) is 3.05. The summed E-state index contributed by atoms with van der Waals surface area (Å²) in [7, 11) is 0. The zero-order valence-electron chi connectivity index (χ0n) is 17.7. The minimum absolute atomic E-state index is 0.0331. The van der Waals surface area contributed by atoms with Crippen LogP contribution in [0.5, 0.6) is 0 Å². The van der Waals surface area contributed by atoms with Crippen molar-refractivity contribution in [3.05, 3.63) is 24.3 Å². The zero-order chi connectivity index (χ0) is 23.3. The fourth-order valence-electron chi connectivity index (χ4n) is 3.61. The molecule has 1 N–H and O–H groups in total. The molecular formula is C21H25N3O8. The molecule has 1 aliphatic carbocycles. The SMILES string of the molecule is CC1(C(=O)ON2C(=O)CCC2=O)C/C=C/C(OC(=O)NCCN2C(=O)C=CC2=O)CCC1. The average molecular weight is 447 g/mol. The van der Waals surface area contributed by atoms with Gasteiger partial charge in [0.25, 0.3) is 23.6 Å². The van der Waals surface area contributed by atoms with Gasteiger partial charge >= 0.3 is 12.1 Å². The molecule has 0 aromatic rings. The third kappa shape index (κ3) is 5.40. The fourth-order valence-corrected chi connectivity index (χ4v) is 3.61. The lowest BCUT2D eigenvalue weighted by molar-refractivity contribution is -0.205. The number of hydroxylamine groups is 2. The van der Waals surface area contributed by atoms with Gasteiger partial charge in [-0.25, -0.2) is 9.59 Å². The van der Waals surface area contributed by atoms with E-state index >= 15 is 0 Å². The second-order valence-corrected chi connectivity index (χ2v) is 8.08. The Morgan fingerprint density at radius 1 is 1.12 bits per heavy atom. The van der Waals surface area contributed by atoms with Gasteiger partial charge in [-0.15, -0.1) is 5.06 Å². The number of carbonyl (C=O) groups excluding carboxylic acids is 6. The molecule has 5 amide bonds. The smallest absolute Gasteiger partial charge is 0.407 e. The Labute approximate surface area is 184 Å². The molecule has 0 aromatic carbocycles. The van der Waals surface area contributed by atoms with Crippen molar-refractivity contribution in [3.63, 3.8) is 0 Å². The van der Waals surface area contributed by atoms with E-state index in [0.29, 0.717) is 24.3 Å². The van der Waals surface area contributed by atoms with Crippen LogP contribution in [0.15, 0.2) is 24.3 Å². The summed E-state index contributed by atoms with van der Waals surface area (Å²) in [6.07, 6.45) is 6.31. The van der Waals surface area contributed by atoms with E-state index in [9.17, 15) is 28.8 Å². The Morgan fingerprint density at radius 3 is 2.44 bits per heavy atom. The third-order valence-corrected chi connectivity index (χ3v) is 5.57. The van der Waals surface area contributed by atoms with Gasteiger partial charge in [-0.2, -0.15) is 0 Å². The van der Waals surface area contributed by atoms with Crippen LogP contribution in [0.2, 0.25) is 0 Å². The van der Waals surface area contributed by atoms with Crippen molar-refractivity contribution in [1.82, 2.24) is 15.3 Å². The van der Waals surface area contributed by atoms with E-state index in [4.69, 9.17) is 9.57 Å². The van der Waals surface area contributed by atoms with Gasteiger partial charge in [0.05, 0.1) is 5.41 Å².